The summed E-state index contributed by atoms with van der Waals surface area (Å²) in [6.45, 7) is 4.60. The number of aliphatic carboxylic acids is 1. The van der Waals surface area contributed by atoms with E-state index in [-0.39, 0.29) is 39.4 Å². The van der Waals surface area contributed by atoms with Crippen LogP contribution in [0.5, 0.6) is 0 Å². The van der Waals surface area contributed by atoms with Crippen LogP contribution in [0.4, 0.5) is 27.9 Å². The number of amides is 2. The lowest BCUT2D eigenvalue weighted by atomic mass is 10.1. The number of nitrogens with two attached hydrogens (primary N) is 1. The molecule has 1 aliphatic rings. The molecule has 1 aromatic carbocycles. The third-order valence-electron chi connectivity index (χ3n) is 6.96. The van der Waals surface area contributed by atoms with Crippen LogP contribution in [0.25, 0.3) is 5.65 Å². The van der Waals surface area contributed by atoms with Crippen LogP contribution in [0.2, 0.25) is 5.02 Å². The summed E-state index contributed by atoms with van der Waals surface area (Å²) < 4.78 is 11.1. The predicted molar refractivity (Wildman–Crippen MR) is 165 cm³/mol. The monoisotopic (exact) mass is 665 g/mol. The molecule has 3 heterocycles. The number of anilines is 4. The molecule has 19 heteroatoms. The van der Waals surface area contributed by atoms with Gasteiger partial charge in [-0.1, -0.05) is 11.6 Å². The number of ether oxygens (including phenoxy) is 2. The number of imidazole rings is 1. The van der Waals surface area contributed by atoms with Crippen LogP contribution in [0.3, 0.4) is 0 Å². The summed E-state index contributed by atoms with van der Waals surface area (Å²) in [5.74, 6) is -3.17. The normalized spacial score (nSPS) is 13.9. The van der Waals surface area contributed by atoms with Crippen molar-refractivity contribution in [1.29, 1.82) is 10.5 Å². The van der Waals surface area contributed by atoms with Gasteiger partial charge in [0.05, 0.1) is 40.3 Å². The van der Waals surface area contributed by atoms with Crippen LogP contribution in [0.15, 0.2) is 30.5 Å². The van der Waals surface area contributed by atoms with E-state index in [9.17, 15) is 29.7 Å². The first kappa shape index (κ1) is 33.9. The second kappa shape index (κ2) is 14.9. The zero-order chi connectivity index (χ0) is 34.2. The number of nitrogens with one attached hydrogen (secondary N) is 1. The van der Waals surface area contributed by atoms with Crippen LogP contribution >= 0.6 is 11.6 Å². The number of halogens is 1. The van der Waals surface area contributed by atoms with Crippen molar-refractivity contribution in [3.8, 4) is 12.1 Å². The second-order valence-electron chi connectivity index (χ2n) is 9.82. The van der Waals surface area contributed by atoms with Gasteiger partial charge in [-0.25, -0.2) is 24.3 Å². The van der Waals surface area contributed by atoms with Crippen LogP contribution in [0, 0.1) is 22.7 Å². The molecule has 18 nitrogen and oxygen atoms in total. The Balaban J connectivity index is 1.80. The van der Waals surface area contributed by atoms with Crippen molar-refractivity contribution < 1.29 is 33.8 Å². The van der Waals surface area contributed by atoms with Crippen molar-refractivity contribution >= 4 is 64.3 Å². The maximum Gasteiger partial charge on any atom is 0.424 e. The molecule has 4 N–H and O–H groups in total. The first-order valence-corrected chi connectivity index (χ1v) is 14.3. The van der Waals surface area contributed by atoms with Crippen LogP contribution in [-0.4, -0.2) is 99.1 Å². The van der Waals surface area contributed by atoms with Crippen molar-refractivity contribution in [2.75, 3.05) is 54.6 Å². The average molecular weight is 666 g/mol. The number of rotatable bonds is 11. The summed E-state index contributed by atoms with van der Waals surface area (Å²) in [4.78, 5) is 61.2. The molecule has 244 valence electrons. The maximum absolute atomic E-state index is 13.7. The van der Waals surface area contributed by atoms with Gasteiger partial charge in [0.25, 0.3) is 5.95 Å². The topological polar surface area (TPSA) is 245 Å². The van der Waals surface area contributed by atoms with Crippen LogP contribution < -0.4 is 20.9 Å². The lowest BCUT2D eigenvalue weighted by Crippen LogP contribution is -2.53. The number of nitriles is 2. The number of hydrogen-bond donors (Lipinski definition) is 3. The fourth-order valence-corrected chi connectivity index (χ4v) is 4.90. The lowest BCUT2D eigenvalue weighted by Gasteiger charge is -2.38. The number of hydrogen-bond acceptors (Lipinski definition) is 14. The molecule has 0 saturated carbocycles. The molecule has 2 aromatic heterocycles. The number of fused-ring (bicyclic) bond motifs is 1. The van der Waals surface area contributed by atoms with E-state index in [0.29, 0.717) is 50.6 Å². The van der Waals surface area contributed by atoms with Gasteiger partial charge in [-0.3, -0.25) is 9.69 Å². The van der Waals surface area contributed by atoms with Crippen molar-refractivity contribution in [3.63, 3.8) is 0 Å². The minimum atomic E-state index is -1.39. The zero-order valence-corrected chi connectivity index (χ0v) is 25.8. The number of aromatic nitrogens is 4. The highest BCUT2D eigenvalue weighted by molar-refractivity contribution is 6.36. The zero-order valence-electron chi connectivity index (χ0n) is 25.1. The van der Waals surface area contributed by atoms with Gasteiger partial charge < -0.3 is 30.5 Å². The molecule has 0 radical (unpaired) electrons. The van der Waals surface area contributed by atoms with E-state index in [1.807, 2.05) is 21.9 Å². The van der Waals surface area contributed by atoms with E-state index in [4.69, 9.17) is 31.9 Å². The van der Waals surface area contributed by atoms with Crippen molar-refractivity contribution in [3.05, 3.63) is 46.8 Å². The summed E-state index contributed by atoms with van der Waals surface area (Å²) in [5, 5.41) is 35.6. The van der Waals surface area contributed by atoms with E-state index in [0.717, 1.165) is 9.42 Å². The Labute approximate surface area is 272 Å². The SMILES string of the molecule is CCNc1nc(N(C(=O)OCOC(=O)/C=C/C(=O)O)c2cc(C#N)cc(N3CCN([C@@H](C)C(N)=O)CC3)c2Cl)nn2c(C#N)cnc12. The Kier molecular flexibility index (Phi) is 10.7. The predicted octanol–water partition coefficient (Wildman–Crippen LogP) is 1.36. The standard InChI is InChI=1S/C28H28ClN11O7/c1-3-33-25-26-34-14-18(13-31)40(26)36-27(35-25)39(28(45)47-15-46-22(43)5-4-21(41)42)20-11-17(12-30)10-19(23(20)29)38-8-6-37(7-9-38)16(2)24(32)44/h4-5,10-11,14,16H,3,6-9,15H2,1-2H3,(H2,32,44)(H,41,42)(H,33,35,36)/b5-4+/t16-/m0/s1. The van der Waals surface area contributed by atoms with Gasteiger partial charge >= 0.3 is 18.0 Å². The van der Waals surface area contributed by atoms with E-state index in [1.165, 1.54) is 18.3 Å². The summed E-state index contributed by atoms with van der Waals surface area (Å²) >= 11 is 6.94. The number of carbonyl (C=O) groups excluding carboxylic acids is 3. The fraction of sp³-hybridized carbons (Fsp3) is 0.321. The van der Waals surface area contributed by atoms with Gasteiger partial charge in [-0.2, -0.15) is 20.0 Å². The Bertz CT molecular complexity index is 1820. The third-order valence-corrected chi connectivity index (χ3v) is 7.34. The molecule has 3 aromatic rings. The van der Waals surface area contributed by atoms with Gasteiger partial charge in [0, 0.05) is 44.9 Å². The Morgan fingerprint density at radius 2 is 1.89 bits per heavy atom. The molecule has 1 fully saturated rings. The molecule has 0 aliphatic carbocycles. The lowest BCUT2D eigenvalue weighted by molar-refractivity contribution is -0.146. The molecule has 1 atom stereocenters. The molecule has 1 saturated heterocycles. The molecule has 0 bridgehead atoms. The molecular formula is C28H28ClN11O7. The number of esters is 1. The first-order valence-electron chi connectivity index (χ1n) is 13.9. The highest BCUT2D eigenvalue weighted by Gasteiger charge is 2.31. The van der Waals surface area contributed by atoms with Crippen LogP contribution in [-0.2, 0) is 23.9 Å². The van der Waals surface area contributed by atoms with Gasteiger partial charge in [0.2, 0.25) is 12.7 Å². The summed E-state index contributed by atoms with van der Waals surface area (Å²) in [7, 11) is 0. The third kappa shape index (κ3) is 7.64. The molecule has 47 heavy (non-hydrogen) atoms. The second-order valence-corrected chi connectivity index (χ2v) is 10.2. The summed E-state index contributed by atoms with van der Waals surface area (Å²) in [5.41, 5.74) is 6.05. The number of carbonyl (C=O) groups is 4. The summed E-state index contributed by atoms with van der Waals surface area (Å²) in [6.07, 6.45) is 1.23. The van der Waals surface area contributed by atoms with Crippen LogP contribution in [0.1, 0.15) is 25.1 Å². The molecule has 2 amide bonds. The number of nitrogens with zero attached hydrogens (tertiary/aromatic N) is 9. The molecular weight excluding hydrogens is 638 g/mol. The number of benzene rings is 1. The van der Waals surface area contributed by atoms with Gasteiger partial charge in [0.15, 0.2) is 17.2 Å². The summed E-state index contributed by atoms with van der Waals surface area (Å²) in [6, 6.07) is 6.35. The van der Waals surface area contributed by atoms with E-state index in [2.05, 4.69) is 20.4 Å². The average Bonchev–Trinajstić information content (AvgIpc) is 3.48. The number of carboxylic acid groups (broad SMARTS) is 1. The molecule has 0 unspecified atom stereocenters. The largest absolute Gasteiger partial charge is 0.478 e. The quantitative estimate of drug-likeness (QED) is 0.149. The number of primary amides is 1. The fourth-order valence-electron chi connectivity index (χ4n) is 4.59. The highest BCUT2D eigenvalue weighted by atomic mass is 35.5. The maximum atomic E-state index is 13.7. The Morgan fingerprint density at radius 3 is 2.51 bits per heavy atom. The minimum absolute atomic E-state index is 0.00132. The van der Waals surface area contributed by atoms with E-state index < -0.39 is 36.8 Å². The molecule has 4 rings (SSSR count). The van der Waals surface area contributed by atoms with Crippen molar-refractivity contribution in [1.82, 2.24) is 24.5 Å². The minimum Gasteiger partial charge on any atom is -0.478 e. The van der Waals surface area contributed by atoms with Crippen molar-refractivity contribution in [2.24, 2.45) is 5.73 Å². The highest BCUT2D eigenvalue weighted by Crippen LogP contribution is 2.40. The van der Waals surface area contributed by atoms with E-state index in [1.54, 1.807) is 13.8 Å². The van der Waals surface area contributed by atoms with E-state index >= 15 is 0 Å². The number of carboxylic acids is 1. The Morgan fingerprint density at radius 1 is 1.17 bits per heavy atom. The van der Waals surface area contributed by atoms with Gasteiger partial charge in [-0.05, 0) is 26.0 Å². The molecule has 0 spiro atoms. The number of piperazine rings is 1. The smallest absolute Gasteiger partial charge is 0.424 e. The molecule has 1 aliphatic heterocycles. The van der Waals surface area contributed by atoms with Crippen molar-refractivity contribution in [2.45, 2.75) is 19.9 Å². The first-order chi connectivity index (χ1) is 22.5. The van der Waals surface area contributed by atoms with Gasteiger partial charge in [-0.15, -0.1) is 5.10 Å². The Hall–Kier alpha value is -5.98. The van der Waals surface area contributed by atoms with Gasteiger partial charge in [0.1, 0.15) is 6.07 Å².